The Morgan fingerprint density at radius 3 is 1.02 bits per heavy atom. The number of fused-ring (bicyclic) bond motifs is 4. The van der Waals surface area contributed by atoms with E-state index in [1.54, 1.807) is 6.26 Å². The predicted molar refractivity (Wildman–Crippen MR) is 599 cm³/mol. The van der Waals surface area contributed by atoms with Gasteiger partial charge in [-0.15, -0.1) is 22.7 Å². The molecule has 9 aliphatic rings. The van der Waals surface area contributed by atoms with Crippen molar-refractivity contribution in [2.24, 2.45) is 47.3 Å². The van der Waals surface area contributed by atoms with Crippen molar-refractivity contribution in [2.45, 2.75) is 432 Å². The molecule has 5 heterocycles. The van der Waals surface area contributed by atoms with Crippen LogP contribution in [0.3, 0.4) is 0 Å². The minimum absolute atomic E-state index is 0.0602. The number of aryl methyl sites for hydroxylation is 5. The lowest BCUT2D eigenvalue weighted by molar-refractivity contribution is -0.136. The number of carbonyl (C=O) groups excluding carboxylic acids is 2. The van der Waals surface area contributed by atoms with Crippen molar-refractivity contribution in [1.82, 2.24) is 4.90 Å². The molecule has 5 nitrogen and oxygen atoms in total. The standard InChI is InChI=1S/2C9H8O.2C9H8S.C8H10.C7H14.C7H12.C6H12.C6H10.C5H7NO2.C5H10.C5H8.C4H8.C4H6.14C2H6/c1-7-6-10-9-5-3-2-4-8(7)9;1-7-6-8-4-2-3-5-9(8)10-7;1-7-6-10-9-5-3-2-4-8(7)9;1-7-6-8-4-2-3-5-9(8)10-7;1-2-8-6-4-3-5-7-8;2*1-7-5-3-2-4-6-7;2*1-6-4-2-3-5-6;1-6-4(7)2-3-5(6)8;2*1-5-3-2-4-5;2*1-4-2-3-4;14*1-2/h4*2-6H,1H3;3-7H,2H2,1H3;7H,2-6H2,1H3;2-3,7H,4-6H2,1H3;6H,2-5H2,1H3;2-3,6H,4-5H2,1H3;2-3H2,1H3;5H,2-4H2,1H3;2-3,5H,4H2,1H3;4H,2-3H2,1H3;2-4H,1H3;14*1-2H3. The van der Waals surface area contributed by atoms with Gasteiger partial charge in [-0.05, 0) is 189 Å². The number of para-hydroxylation sites is 2. The summed E-state index contributed by atoms with van der Waals surface area (Å²) in [6, 6.07) is 47.7. The molecular weight excluding hydrogens is 1600 g/mol. The van der Waals surface area contributed by atoms with E-state index < -0.39 is 0 Å². The van der Waals surface area contributed by atoms with Gasteiger partial charge in [0.15, 0.2) is 0 Å². The number of imide groups is 1. The van der Waals surface area contributed by atoms with Gasteiger partial charge < -0.3 is 8.83 Å². The lowest BCUT2D eigenvalue weighted by Crippen LogP contribution is -2.23. The summed E-state index contributed by atoms with van der Waals surface area (Å²) < 4.78 is 13.4. The molecule has 0 bridgehead atoms. The second kappa shape index (κ2) is 109. The van der Waals surface area contributed by atoms with E-state index in [0.29, 0.717) is 12.8 Å². The molecule has 8 aliphatic carbocycles. The maximum atomic E-state index is 10.5. The first-order valence-electron chi connectivity index (χ1n) is 52.5. The highest BCUT2D eigenvalue weighted by Crippen LogP contribution is 2.29. The molecule has 9 aromatic rings. The van der Waals surface area contributed by atoms with Crippen LogP contribution in [0.25, 0.3) is 42.1 Å². The maximum Gasteiger partial charge on any atom is 0.229 e. The zero-order valence-corrected chi connectivity index (χ0v) is 94.0. The number of nitrogens with zero attached hydrogens (tertiary/aromatic N) is 1. The summed E-state index contributed by atoms with van der Waals surface area (Å²) in [5.74, 6) is 8.69. The van der Waals surface area contributed by atoms with E-state index in [9.17, 15) is 9.59 Å². The summed E-state index contributed by atoms with van der Waals surface area (Å²) in [6.45, 7) is 84.7. The van der Waals surface area contributed by atoms with E-state index in [0.717, 1.165) is 70.7 Å². The summed E-state index contributed by atoms with van der Waals surface area (Å²) in [5, 5.41) is 7.35. The smallest absolute Gasteiger partial charge is 0.229 e. The third kappa shape index (κ3) is 82.4. The normalized spacial score (nSPS) is 14.9. The lowest BCUT2D eigenvalue weighted by Gasteiger charge is -2.18. The Hall–Kier alpha value is -6.80. The number of carbonyl (C=O) groups is 2. The van der Waals surface area contributed by atoms with Crippen LogP contribution in [0.2, 0.25) is 0 Å². The van der Waals surface area contributed by atoms with Crippen molar-refractivity contribution in [2.75, 3.05) is 7.05 Å². The largest absolute Gasteiger partial charge is 0.464 e. The van der Waals surface area contributed by atoms with Gasteiger partial charge in [-0.1, -0.05) is 498 Å². The molecule has 5 aromatic carbocycles. The van der Waals surface area contributed by atoms with Crippen molar-refractivity contribution < 1.29 is 18.4 Å². The van der Waals surface area contributed by atoms with E-state index in [2.05, 4.69) is 215 Å². The molecule has 4 aromatic heterocycles. The predicted octanol–water partition coefficient (Wildman–Crippen LogP) is 43.4. The average molecular weight is 1810 g/mol. The van der Waals surface area contributed by atoms with Crippen molar-refractivity contribution in [3.8, 4) is 0 Å². The molecule has 5 fully saturated rings. The molecule has 18 rings (SSSR count). The molecule has 0 radical (unpaired) electrons. The van der Waals surface area contributed by atoms with Gasteiger partial charge in [0.1, 0.15) is 16.9 Å². The van der Waals surface area contributed by atoms with Gasteiger partial charge in [0, 0.05) is 44.9 Å². The highest BCUT2D eigenvalue weighted by atomic mass is 32.1. The van der Waals surface area contributed by atoms with Gasteiger partial charge in [-0.25, -0.2) is 0 Å². The highest BCUT2D eigenvalue weighted by Gasteiger charge is 2.24. The summed E-state index contributed by atoms with van der Waals surface area (Å²) in [5.41, 5.74) is 5.95. The number of amides is 2. The van der Waals surface area contributed by atoms with Crippen LogP contribution in [0.15, 0.2) is 209 Å². The van der Waals surface area contributed by atoms with Crippen LogP contribution in [0, 0.1) is 75.0 Å². The van der Waals surface area contributed by atoms with Crippen LogP contribution in [0.5, 0.6) is 0 Å². The molecule has 0 spiro atoms. The first-order valence-corrected chi connectivity index (χ1v) is 54.2. The number of allylic oxidation sites excluding steroid dienone is 8. The number of benzene rings is 5. The van der Waals surface area contributed by atoms with Gasteiger partial charge >= 0.3 is 0 Å². The van der Waals surface area contributed by atoms with Crippen LogP contribution < -0.4 is 0 Å². The lowest BCUT2D eigenvalue weighted by atomic mass is 9.88. The monoisotopic (exact) mass is 1810 g/mol. The van der Waals surface area contributed by atoms with Crippen LogP contribution in [-0.4, -0.2) is 23.8 Å². The van der Waals surface area contributed by atoms with Crippen LogP contribution in [-0.2, 0) is 16.0 Å². The fourth-order valence-electron chi connectivity index (χ4n) is 11.3. The van der Waals surface area contributed by atoms with Crippen molar-refractivity contribution >= 4 is 76.6 Å². The molecule has 0 N–H and O–H groups in total. The fraction of sp³-hybridized carbons (Fsp3) is 0.603. The van der Waals surface area contributed by atoms with Gasteiger partial charge in [0.25, 0.3) is 0 Å². The second-order valence-electron chi connectivity index (χ2n) is 29.5. The Morgan fingerprint density at radius 2 is 0.734 bits per heavy atom. The zero-order chi connectivity index (χ0) is 100. The van der Waals surface area contributed by atoms with E-state index >= 15 is 0 Å². The molecule has 1 saturated heterocycles. The highest BCUT2D eigenvalue weighted by molar-refractivity contribution is 7.19. The van der Waals surface area contributed by atoms with Crippen LogP contribution in [0.1, 0.15) is 425 Å². The Bertz CT molecular complexity index is 3480. The summed E-state index contributed by atoms with van der Waals surface area (Å²) in [4.78, 5) is 23.5. The number of likely N-dealkylation sites (tertiary alicyclic amines) is 1. The van der Waals surface area contributed by atoms with Gasteiger partial charge in [-0.3, -0.25) is 14.5 Å². The summed E-state index contributed by atoms with van der Waals surface area (Å²) >= 11 is 3.67. The third-order valence-corrected chi connectivity index (χ3v) is 21.2. The van der Waals surface area contributed by atoms with E-state index in [1.807, 2.05) is 285 Å². The zero-order valence-electron chi connectivity index (χ0n) is 92.3. The van der Waals surface area contributed by atoms with Crippen molar-refractivity contribution in [1.29, 1.82) is 0 Å². The van der Waals surface area contributed by atoms with Gasteiger partial charge in [0.05, 0.1) is 6.26 Å². The van der Waals surface area contributed by atoms with Crippen LogP contribution in [0.4, 0.5) is 0 Å². The number of thiophene rings is 2. The Kier molecular flexibility index (Phi) is 121. The first-order chi connectivity index (χ1) is 62.3. The second-order valence-corrected chi connectivity index (χ2v) is 31.7. The topological polar surface area (TPSA) is 63.7 Å². The molecule has 1 aliphatic heterocycles. The van der Waals surface area contributed by atoms with Gasteiger partial charge in [0.2, 0.25) is 11.8 Å². The quantitative estimate of drug-likeness (QED) is 0.121. The minimum atomic E-state index is -0.0602. The number of furan rings is 2. The number of hydrogen-bond donors (Lipinski definition) is 0. The SMILES string of the molecule is CC.CC.CC.CC.CC.CC.CC.CC.CC.CC.CC.CC.CC.CC.CC1C=C1.CC1C=CC1.CC1CC1.CC1CC=CC1.CC1CC=CCC1.CC1CCC1.CC1CCCC1.CC1CCCCC1.CCc1ccccc1.CN1C(=O)CCC1=O.Cc1cc2ccccc2o1.Cc1cc2ccccc2s1.Cc1coc2ccccc12.Cc1csc2ccccc12. The Labute approximate surface area is 807 Å². The van der Waals surface area contributed by atoms with E-state index in [4.69, 9.17) is 8.83 Å². The molecule has 4 saturated carbocycles. The van der Waals surface area contributed by atoms with Crippen LogP contribution >= 0.6 is 22.7 Å². The summed E-state index contributed by atoms with van der Waals surface area (Å²) in [6.07, 6.45) is 50.3. The Balaban J connectivity index is -0.000000144. The van der Waals surface area contributed by atoms with Gasteiger partial charge in [-0.2, -0.15) is 0 Å². The molecule has 738 valence electrons. The molecular formula is C121H213NO4S2. The molecule has 2 unspecified atom stereocenters. The number of hydrogen-bond acceptors (Lipinski definition) is 6. The average Bonchev–Trinajstić information content (AvgIpc) is 1.77. The molecule has 7 heteroatoms. The fourth-order valence-corrected chi connectivity index (χ4v) is 13.2. The number of rotatable bonds is 1. The maximum absolute atomic E-state index is 10.5. The molecule has 2 amide bonds. The third-order valence-electron chi connectivity index (χ3n) is 19.1. The van der Waals surface area contributed by atoms with E-state index in [1.165, 1.54) is 193 Å². The minimum Gasteiger partial charge on any atom is -0.464 e. The Morgan fingerprint density at radius 1 is 0.359 bits per heavy atom. The van der Waals surface area contributed by atoms with E-state index in [-0.39, 0.29) is 11.8 Å². The first kappa shape index (κ1) is 142. The molecule has 128 heavy (non-hydrogen) atoms. The van der Waals surface area contributed by atoms with Crippen molar-refractivity contribution in [3.05, 3.63) is 227 Å². The molecule has 2 atom stereocenters. The van der Waals surface area contributed by atoms with Crippen molar-refractivity contribution in [3.63, 3.8) is 0 Å². The summed E-state index contributed by atoms with van der Waals surface area (Å²) in [7, 11) is 1.51.